The maximum absolute atomic E-state index is 12.5. The average molecular weight is 409 g/mol. The molecule has 0 saturated heterocycles. The van der Waals surface area contributed by atoms with Gasteiger partial charge in [0.2, 0.25) is 5.91 Å². The van der Waals surface area contributed by atoms with Crippen LogP contribution in [0.15, 0.2) is 59.8 Å². The van der Waals surface area contributed by atoms with Crippen molar-refractivity contribution in [1.29, 1.82) is 0 Å². The third-order valence-corrected chi connectivity index (χ3v) is 5.81. The molecule has 5 nitrogen and oxygen atoms in total. The minimum atomic E-state index is 0.117. The number of thioether (sulfide) groups is 1. The van der Waals surface area contributed by atoms with Gasteiger partial charge in [-0.05, 0) is 38.3 Å². The van der Waals surface area contributed by atoms with E-state index < -0.39 is 0 Å². The second kappa shape index (κ2) is 10.3. The third kappa shape index (κ3) is 5.70. The second-order valence-electron chi connectivity index (χ2n) is 7.11. The number of hydrogen-bond acceptors (Lipinski definition) is 4. The molecule has 1 amide bonds. The van der Waals surface area contributed by atoms with Crippen LogP contribution >= 0.6 is 11.8 Å². The van der Waals surface area contributed by atoms with Crippen molar-refractivity contribution in [3.05, 3.63) is 65.7 Å². The topological polar surface area (TPSA) is 51.0 Å². The van der Waals surface area contributed by atoms with Gasteiger partial charge < -0.3 is 9.47 Å². The summed E-state index contributed by atoms with van der Waals surface area (Å²) in [5.41, 5.74) is 3.55. The fraction of sp³-hybridized carbons (Fsp3) is 0.348. The molecule has 2 aromatic carbocycles. The van der Waals surface area contributed by atoms with E-state index in [4.69, 9.17) is 0 Å². The van der Waals surface area contributed by atoms with Crippen molar-refractivity contribution < 1.29 is 4.79 Å². The smallest absolute Gasteiger partial charge is 0.232 e. The van der Waals surface area contributed by atoms with Crippen LogP contribution < -0.4 is 0 Å². The zero-order valence-electron chi connectivity index (χ0n) is 17.3. The molecule has 0 aliphatic carbocycles. The molecule has 152 valence electrons. The van der Waals surface area contributed by atoms with Gasteiger partial charge in [-0.2, -0.15) is 0 Å². The van der Waals surface area contributed by atoms with Crippen LogP contribution in [0.25, 0.3) is 11.4 Å². The first-order valence-electron chi connectivity index (χ1n) is 9.99. The number of nitrogens with zero attached hydrogens (tertiary/aromatic N) is 4. The average Bonchev–Trinajstić information content (AvgIpc) is 3.15. The van der Waals surface area contributed by atoms with Gasteiger partial charge >= 0.3 is 0 Å². The van der Waals surface area contributed by atoms with E-state index in [1.807, 2.05) is 30.1 Å². The summed E-state index contributed by atoms with van der Waals surface area (Å²) in [5.74, 6) is 1.33. The molecule has 0 aliphatic heterocycles. The zero-order valence-corrected chi connectivity index (χ0v) is 18.2. The lowest BCUT2D eigenvalue weighted by Crippen LogP contribution is -2.29. The number of carbonyl (C=O) groups excluding carboxylic acids is 1. The number of benzene rings is 2. The predicted octanol–water partition coefficient (Wildman–Crippen LogP) is 4.46. The minimum Gasteiger partial charge on any atom is -0.345 e. The van der Waals surface area contributed by atoms with E-state index in [1.165, 1.54) is 22.9 Å². The highest BCUT2D eigenvalue weighted by atomic mass is 32.2. The summed E-state index contributed by atoms with van der Waals surface area (Å²) < 4.78 is 2.07. The molecular weight excluding hydrogens is 380 g/mol. The maximum atomic E-state index is 12.5. The molecule has 1 heterocycles. The Bertz CT molecular complexity index is 939. The van der Waals surface area contributed by atoms with E-state index in [1.54, 1.807) is 0 Å². The summed E-state index contributed by atoms with van der Waals surface area (Å²) in [4.78, 5) is 14.3. The number of amides is 1. The molecule has 0 radical (unpaired) electrons. The van der Waals surface area contributed by atoms with Crippen molar-refractivity contribution in [3.8, 4) is 11.4 Å². The summed E-state index contributed by atoms with van der Waals surface area (Å²) >= 11 is 1.46. The summed E-state index contributed by atoms with van der Waals surface area (Å²) in [5, 5.41) is 9.49. The van der Waals surface area contributed by atoms with Crippen LogP contribution in [0.5, 0.6) is 0 Å². The Morgan fingerprint density at radius 3 is 2.62 bits per heavy atom. The standard InChI is InChI=1S/C23H28N4OS/c1-4-27-22(20-14-8-10-18(2)16-20)24-25-23(27)29-17-21(28)26(3)15-9-13-19-11-6-5-7-12-19/h5-8,10-12,14,16H,4,9,13,15,17H2,1-3H3. The first-order chi connectivity index (χ1) is 14.1. The van der Waals surface area contributed by atoms with E-state index in [0.29, 0.717) is 5.75 Å². The van der Waals surface area contributed by atoms with Crippen LogP contribution in [0.4, 0.5) is 0 Å². The lowest BCUT2D eigenvalue weighted by molar-refractivity contribution is -0.127. The van der Waals surface area contributed by atoms with Gasteiger partial charge in [0.05, 0.1) is 5.75 Å². The third-order valence-electron chi connectivity index (χ3n) is 4.86. The fourth-order valence-electron chi connectivity index (χ4n) is 3.20. The normalized spacial score (nSPS) is 10.9. The lowest BCUT2D eigenvalue weighted by atomic mass is 10.1. The van der Waals surface area contributed by atoms with E-state index in [9.17, 15) is 4.79 Å². The van der Waals surface area contributed by atoms with Crippen molar-refractivity contribution in [2.45, 2.75) is 38.4 Å². The molecule has 3 rings (SSSR count). The Labute approximate surface area is 177 Å². The van der Waals surface area contributed by atoms with Gasteiger partial charge in [-0.3, -0.25) is 4.79 Å². The van der Waals surface area contributed by atoms with Crippen LogP contribution in [0, 0.1) is 6.92 Å². The second-order valence-corrected chi connectivity index (χ2v) is 8.06. The molecule has 3 aromatic rings. The summed E-state index contributed by atoms with van der Waals surface area (Å²) in [6.07, 6.45) is 1.94. The molecular formula is C23H28N4OS. The molecule has 0 atom stereocenters. The first kappa shape index (κ1) is 21.1. The highest BCUT2D eigenvalue weighted by molar-refractivity contribution is 7.99. The lowest BCUT2D eigenvalue weighted by Gasteiger charge is -2.17. The monoisotopic (exact) mass is 408 g/mol. The molecule has 1 aromatic heterocycles. The molecule has 29 heavy (non-hydrogen) atoms. The zero-order chi connectivity index (χ0) is 20.6. The molecule has 0 unspecified atom stereocenters. The number of aromatic nitrogens is 3. The fourth-order valence-corrected chi connectivity index (χ4v) is 4.15. The molecule has 0 saturated carbocycles. The first-order valence-corrected chi connectivity index (χ1v) is 11.0. The Hall–Kier alpha value is -2.60. The van der Waals surface area contributed by atoms with Crippen molar-refractivity contribution in [2.75, 3.05) is 19.3 Å². The van der Waals surface area contributed by atoms with Crippen molar-refractivity contribution in [3.63, 3.8) is 0 Å². The summed E-state index contributed by atoms with van der Waals surface area (Å²) in [6.45, 7) is 5.66. The van der Waals surface area contributed by atoms with Crippen LogP contribution in [-0.2, 0) is 17.8 Å². The van der Waals surface area contributed by atoms with E-state index in [0.717, 1.165) is 42.5 Å². The Morgan fingerprint density at radius 1 is 1.10 bits per heavy atom. The van der Waals surface area contributed by atoms with Crippen LogP contribution in [0.1, 0.15) is 24.5 Å². The number of aryl methyl sites for hydroxylation is 2. The van der Waals surface area contributed by atoms with E-state index >= 15 is 0 Å². The number of rotatable bonds is 9. The predicted molar refractivity (Wildman–Crippen MR) is 119 cm³/mol. The molecule has 0 bridgehead atoms. The maximum Gasteiger partial charge on any atom is 0.232 e. The highest BCUT2D eigenvalue weighted by Crippen LogP contribution is 2.24. The van der Waals surface area contributed by atoms with Gasteiger partial charge in [-0.15, -0.1) is 10.2 Å². The number of hydrogen-bond donors (Lipinski definition) is 0. The van der Waals surface area contributed by atoms with Gasteiger partial charge in [0, 0.05) is 25.7 Å². The van der Waals surface area contributed by atoms with Crippen LogP contribution in [-0.4, -0.2) is 44.9 Å². The van der Waals surface area contributed by atoms with Crippen molar-refractivity contribution >= 4 is 17.7 Å². The van der Waals surface area contributed by atoms with E-state index in [2.05, 4.69) is 65.0 Å². The van der Waals surface area contributed by atoms with Crippen molar-refractivity contribution in [2.24, 2.45) is 0 Å². The minimum absolute atomic E-state index is 0.117. The van der Waals surface area contributed by atoms with Gasteiger partial charge in [0.15, 0.2) is 11.0 Å². The number of carbonyl (C=O) groups is 1. The van der Waals surface area contributed by atoms with Gasteiger partial charge in [0.1, 0.15) is 0 Å². The molecule has 6 heteroatoms. The molecule has 0 aliphatic rings. The van der Waals surface area contributed by atoms with Gasteiger partial charge in [-0.25, -0.2) is 0 Å². The summed E-state index contributed by atoms with van der Waals surface area (Å²) in [7, 11) is 1.87. The summed E-state index contributed by atoms with van der Waals surface area (Å²) in [6, 6.07) is 18.6. The van der Waals surface area contributed by atoms with Gasteiger partial charge in [-0.1, -0.05) is 65.9 Å². The SMILES string of the molecule is CCn1c(SCC(=O)N(C)CCCc2ccccc2)nnc1-c1cccc(C)c1. The highest BCUT2D eigenvalue weighted by Gasteiger charge is 2.16. The van der Waals surface area contributed by atoms with Crippen LogP contribution in [0.2, 0.25) is 0 Å². The quantitative estimate of drug-likeness (QED) is 0.491. The molecule has 0 N–H and O–H groups in total. The van der Waals surface area contributed by atoms with Crippen molar-refractivity contribution in [1.82, 2.24) is 19.7 Å². The molecule has 0 fully saturated rings. The van der Waals surface area contributed by atoms with E-state index in [-0.39, 0.29) is 5.91 Å². The Morgan fingerprint density at radius 2 is 1.90 bits per heavy atom. The largest absolute Gasteiger partial charge is 0.345 e. The Balaban J connectivity index is 1.54. The van der Waals surface area contributed by atoms with Gasteiger partial charge in [0.25, 0.3) is 0 Å². The Kier molecular flexibility index (Phi) is 7.47. The molecule has 0 spiro atoms. The van der Waals surface area contributed by atoms with Crippen LogP contribution in [0.3, 0.4) is 0 Å².